The molecule has 2 aromatic rings. The van der Waals surface area contributed by atoms with Crippen LogP contribution in [0.3, 0.4) is 0 Å². The highest BCUT2D eigenvalue weighted by Gasteiger charge is 2.08. The minimum atomic E-state index is -0.419. The number of rotatable bonds is 6. The second kappa shape index (κ2) is 9.69. The summed E-state index contributed by atoms with van der Waals surface area (Å²) in [6, 6.07) is 9.61. The van der Waals surface area contributed by atoms with Crippen LogP contribution in [-0.4, -0.2) is 30.8 Å². The lowest BCUT2D eigenvalue weighted by Crippen LogP contribution is -2.49. The van der Waals surface area contributed by atoms with Gasteiger partial charge in [-0.05, 0) is 49.5 Å². The Hall–Kier alpha value is -2.71. The van der Waals surface area contributed by atoms with Gasteiger partial charge in [0.25, 0.3) is 5.91 Å². The average molecular weight is 377 g/mol. The molecule has 0 aliphatic carbocycles. The number of halogens is 1. The Balaban J connectivity index is 1.85. The summed E-state index contributed by atoms with van der Waals surface area (Å²) in [6.45, 7) is 2.38. The average Bonchev–Trinajstić information content (AvgIpc) is 3.07. The van der Waals surface area contributed by atoms with Crippen molar-refractivity contribution in [1.82, 2.24) is 16.2 Å². The zero-order valence-electron chi connectivity index (χ0n) is 14.4. The van der Waals surface area contributed by atoms with Gasteiger partial charge in [0.2, 0.25) is 0 Å². The minimum Gasteiger partial charge on any atom is -0.457 e. The molecule has 1 aromatic carbocycles. The molecule has 1 heterocycles. The number of ether oxygens (including phenoxy) is 1. The number of furan rings is 1. The Kier molecular flexibility index (Phi) is 7.31. The molecule has 0 saturated carbocycles. The highest BCUT2D eigenvalue weighted by molar-refractivity contribution is 7.80. The van der Waals surface area contributed by atoms with Crippen LogP contribution in [0, 0.1) is 5.82 Å². The Bertz CT molecular complexity index is 791. The number of nitrogens with one attached hydrogen (secondary N) is 3. The standard InChI is InChI=1S/C18H20FN3O3S/c1-12(11-24-2)20-18(26)22-21-17(23)10-8-13-7-9-16(25-13)14-5-3-4-6-15(14)19/h3-10,12H,11H2,1-2H3,(H,21,23)(H2,20,22,26)/b10-8+/t12-/m1/s1. The monoisotopic (exact) mass is 377 g/mol. The summed E-state index contributed by atoms with van der Waals surface area (Å²) in [5, 5.41) is 3.21. The molecule has 1 atom stereocenters. The molecule has 1 amide bonds. The van der Waals surface area contributed by atoms with Gasteiger partial charge in [-0.3, -0.25) is 15.6 Å². The molecule has 0 unspecified atom stereocenters. The van der Waals surface area contributed by atoms with E-state index in [2.05, 4.69) is 16.2 Å². The fourth-order valence-electron chi connectivity index (χ4n) is 2.12. The van der Waals surface area contributed by atoms with E-state index in [4.69, 9.17) is 21.4 Å². The molecule has 0 fully saturated rings. The van der Waals surface area contributed by atoms with Crippen LogP contribution in [0.1, 0.15) is 12.7 Å². The predicted molar refractivity (Wildman–Crippen MR) is 101 cm³/mol. The normalized spacial score (nSPS) is 12.0. The quantitative estimate of drug-likeness (QED) is 0.408. The van der Waals surface area contributed by atoms with Crippen molar-refractivity contribution in [1.29, 1.82) is 0 Å². The lowest BCUT2D eigenvalue weighted by Gasteiger charge is -2.15. The number of carbonyl (C=O) groups excluding carboxylic acids is 1. The summed E-state index contributed by atoms with van der Waals surface area (Å²) >= 11 is 5.04. The van der Waals surface area contributed by atoms with Gasteiger partial charge in [-0.15, -0.1) is 0 Å². The molecule has 0 aliphatic heterocycles. The van der Waals surface area contributed by atoms with E-state index in [1.807, 2.05) is 6.92 Å². The smallest absolute Gasteiger partial charge is 0.262 e. The van der Waals surface area contributed by atoms with E-state index in [0.29, 0.717) is 23.7 Å². The molecule has 3 N–H and O–H groups in total. The van der Waals surface area contributed by atoms with Crippen LogP contribution in [0.2, 0.25) is 0 Å². The van der Waals surface area contributed by atoms with Gasteiger partial charge in [-0.2, -0.15) is 0 Å². The molecule has 0 spiro atoms. The Labute approximate surface area is 156 Å². The maximum absolute atomic E-state index is 13.7. The van der Waals surface area contributed by atoms with Crippen molar-refractivity contribution in [2.24, 2.45) is 0 Å². The summed E-state index contributed by atoms with van der Waals surface area (Å²) in [7, 11) is 1.59. The largest absolute Gasteiger partial charge is 0.457 e. The number of thiocarbonyl (C=S) groups is 1. The Morgan fingerprint density at radius 1 is 1.31 bits per heavy atom. The van der Waals surface area contributed by atoms with Crippen LogP contribution in [0.15, 0.2) is 46.9 Å². The van der Waals surface area contributed by atoms with Gasteiger partial charge in [0.1, 0.15) is 17.3 Å². The number of benzene rings is 1. The van der Waals surface area contributed by atoms with Gasteiger partial charge in [0.05, 0.1) is 12.2 Å². The van der Waals surface area contributed by atoms with Gasteiger partial charge < -0.3 is 14.5 Å². The summed E-state index contributed by atoms with van der Waals surface area (Å²) in [5.41, 5.74) is 5.37. The molecule has 0 aliphatic rings. The molecule has 26 heavy (non-hydrogen) atoms. The number of hydrogen-bond donors (Lipinski definition) is 3. The maximum Gasteiger partial charge on any atom is 0.262 e. The third-order valence-corrected chi connectivity index (χ3v) is 3.48. The fourth-order valence-corrected chi connectivity index (χ4v) is 2.37. The summed E-state index contributed by atoms with van der Waals surface area (Å²) in [6.07, 6.45) is 2.75. The van der Waals surface area contributed by atoms with E-state index in [0.717, 1.165) is 0 Å². The van der Waals surface area contributed by atoms with Crippen LogP contribution in [0.5, 0.6) is 0 Å². The lowest BCUT2D eigenvalue weighted by molar-refractivity contribution is -0.117. The van der Waals surface area contributed by atoms with Gasteiger partial charge in [0.15, 0.2) is 5.11 Å². The van der Waals surface area contributed by atoms with Crippen molar-refractivity contribution in [2.75, 3.05) is 13.7 Å². The van der Waals surface area contributed by atoms with E-state index in [-0.39, 0.29) is 17.0 Å². The van der Waals surface area contributed by atoms with Crippen molar-refractivity contribution in [3.8, 4) is 11.3 Å². The Morgan fingerprint density at radius 2 is 2.08 bits per heavy atom. The van der Waals surface area contributed by atoms with E-state index >= 15 is 0 Å². The number of carbonyl (C=O) groups is 1. The third-order valence-electron chi connectivity index (χ3n) is 3.26. The van der Waals surface area contributed by atoms with Gasteiger partial charge in [0, 0.05) is 19.2 Å². The first-order chi connectivity index (χ1) is 12.5. The van der Waals surface area contributed by atoms with Gasteiger partial charge in [-0.1, -0.05) is 12.1 Å². The first-order valence-corrected chi connectivity index (χ1v) is 8.28. The number of amides is 1. The fraction of sp³-hybridized carbons (Fsp3) is 0.222. The minimum absolute atomic E-state index is 0.00682. The predicted octanol–water partition coefficient (Wildman–Crippen LogP) is 2.63. The van der Waals surface area contributed by atoms with Crippen LogP contribution in [-0.2, 0) is 9.53 Å². The van der Waals surface area contributed by atoms with Crippen LogP contribution in [0.4, 0.5) is 4.39 Å². The van der Waals surface area contributed by atoms with Crippen molar-refractivity contribution in [2.45, 2.75) is 13.0 Å². The number of hydrogen-bond acceptors (Lipinski definition) is 4. The maximum atomic E-state index is 13.7. The zero-order valence-corrected chi connectivity index (χ0v) is 15.2. The van der Waals surface area contributed by atoms with Crippen molar-refractivity contribution in [3.05, 3.63) is 54.1 Å². The SMILES string of the molecule is COC[C@@H](C)NC(=S)NNC(=O)/C=C/c1ccc(-c2ccccc2F)o1. The number of methoxy groups -OCH3 is 1. The van der Waals surface area contributed by atoms with Crippen LogP contribution >= 0.6 is 12.2 Å². The molecule has 2 rings (SSSR count). The number of hydrazine groups is 1. The van der Waals surface area contributed by atoms with E-state index in [1.165, 1.54) is 18.2 Å². The molecule has 0 saturated heterocycles. The molecule has 138 valence electrons. The zero-order chi connectivity index (χ0) is 18.9. The molecule has 1 aromatic heterocycles. The van der Waals surface area contributed by atoms with E-state index < -0.39 is 5.91 Å². The molecule has 0 radical (unpaired) electrons. The van der Waals surface area contributed by atoms with E-state index in [1.54, 1.807) is 37.4 Å². The van der Waals surface area contributed by atoms with Crippen LogP contribution in [0.25, 0.3) is 17.4 Å². The molecule has 0 bridgehead atoms. The van der Waals surface area contributed by atoms with Crippen molar-refractivity contribution >= 4 is 29.3 Å². The topological polar surface area (TPSA) is 75.5 Å². The lowest BCUT2D eigenvalue weighted by atomic mass is 10.1. The Morgan fingerprint density at radius 3 is 2.81 bits per heavy atom. The highest BCUT2D eigenvalue weighted by Crippen LogP contribution is 2.25. The van der Waals surface area contributed by atoms with Crippen molar-refractivity contribution in [3.63, 3.8) is 0 Å². The van der Waals surface area contributed by atoms with E-state index in [9.17, 15) is 9.18 Å². The third kappa shape index (κ3) is 5.98. The molecule has 8 heteroatoms. The summed E-state index contributed by atoms with van der Waals surface area (Å²) < 4.78 is 24.2. The molecular weight excluding hydrogens is 357 g/mol. The first-order valence-electron chi connectivity index (χ1n) is 7.88. The first kappa shape index (κ1) is 19.6. The second-order valence-corrected chi connectivity index (χ2v) is 5.87. The van der Waals surface area contributed by atoms with Gasteiger partial charge >= 0.3 is 0 Å². The molecular formula is C18H20FN3O3S. The summed E-state index contributed by atoms with van der Waals surface area (Å²) in [5.74, 6) is 0.0204. The van der Waals surface area contributed by atoms with Crippen LogP contribution < -0.4 is 16.2 Å². The van der Waals surface area contributed by atoms with Gasteiger partial charge in [-0.25, -0.2) is 4.39 Å². The second-order valence-electron chi connectivity index (χ2n) is 5.46. The molecule has 6 nitrogen and oxygen atoms in total. The van der Waals surface area contributed by atoms with Crippen molar-refractivity contribution < 1.29 is 18.3 Å². The highest BCUT2D eigenvalue weighted by atomic mass is 32.1. The summed E-state index contributed by atoms with van der Waals surface area (Å²) in [4.78, 5) is 11.8.